The number of aryl methyl sites for hydroxylation is 1. The Hall–Kier alpha value is -2.89. The van der Waals surface area contributed by atoms with E-state index >= 15 is 0 Å². The highest BCUT2D eigenvalue weighted by molar-refractivity contribution is 5.88. The first kappa shape index (κ1) is 17.5. The molecule has 1 heterocycles. The number of hydrogen-bond acceptors (Lipinski definition) is 3. The molecule has 1 aliphatic heterocycles. The van der Waals surface area contributed by atoms with Gasteiger partial charge in [-0.15, -0.1) is 0 Å². The normalized spacial score (nSPS) is 14.7. The average Bonchev–Trinajstić information content (AvgIpc) is 2.53. The molecule has 0 aromatic heterocycles. The van der Waals surface area contributed by atoms with Crippen LogP contribution in [0.2, 0.25) is 0 Å². The molecule has 0 atom stereocenters. The fraction of sp³-hybridized carbons (Fsp3) is 0.167. The fourth-order valence-electron chi connectivity index (χ4n) is 2.35. The molecule has 2 N–H and O–H groups in total. The second-order valence-electron chi connectivity index (χ2n) is 5.25. The molecular weight excluding hydrogens is 314 g/mol. The first-order chi connectivity index (χ1) is 11.4. The number of allylic oxidation sites excluding steroid dienone is 3. The quantitative estimate of drug-likeness (QED) is 0.865. The van der Waals surface area contributed by atoms with Crippen LogP contribution in [0.5, 0.6) is 0 Å². The van der Waals surface area contributed by atoms with Crippen molar-refractivity contribution in [2.24, 2.45) is 0 Å². The zero-order valence-corrected chi connectivity index (χ0v) is 13.4. The second-order valence-corrected chi connectivity index (χ2v) is 5.25. The van der Waals surface area contributed by atoms with Crippen LogP contribution in [-0.4, -0.2) is 16.0 Å². The average molecular weight is 332 g/mol. The number of rotatable bonds is 5. The molecule has 0 radical (unpaired) electrons. The maximum absolute atomic E-state index is 14.1. The number of halogens is 2. The number of carbonyl (C=O) groups is 1. The maximum atomic E-state index is 14.1. The van der Waals surface area contributed by atoms with Gasteiger partial charge in [-0.2, -0.15) is 0 Å². The van der Waals surface area contributed by atoms with Crippen molar-refractivity contribution in [1.82, 2.24) is 10.2 Å². The second kappa shape index (κ2) is 7.12. The minimum Gasteiger partial charge on any atom is -0.476 e. The Labute approximate surface area is 139 Å². The van der Waals surface area contributed by atoms with E-state index < -0.39 is 17.6 Å². The highest BCUT2D eigenvalue weighted by Crippen LogP contribution is 2.24. The summed E-state index contributed by atoms with van der Waals surface area (Å²) in [5.74, 6) is -2.50. The zero-order valence-electron chi connectivity index (χ0n) is 13.4. The number of hydrogen-bond donors (Lipinski definition) is 2. The third kappa shape index (κ3) is 3.37. The summed E-state index contributed by atoms with van der Waals surface area (Å²) in [7, 11) is 0. The van der Waals surface area contributed by atoms with E-state index in [9.17, 15) is 18.7 Å². The monoisotopic (exact) mass is 332 g/mol. The summed E-state index contributed by atoms with van der Waals surface area (Å²) in [6, 6.07) is 2.54. The van der Waals surface area contributed by atoms with Crippen molar-refractivity contribution in [3.63, 3.8) is 0 Å². The van der Waals surface area contributed by atoms with E-state index in [1.165, 1.54) is 23.1 Å². The van der Waals surface area contributed by atoms with E-state index in [-0.39, 0.29) is 23.5 Å². The first-order valence-corrected chi connectivity index (χ1v) is 7.30. The van der Waals surface area contributed by atoms with Crippen molar-refractivity contribution in [3.05, 3.63) is 83.0 Å². The summed E-state index contributed by atoms with van der Waals surface area (Å²) in [5.41, 5.74) is 0.845. The third-order valence-electron chi connectivity index (χ3n) is 3.58. The minimum atomic E-state index is -1.17. The lowest BCUT2D eigenvalue weighted by Gasteiger charge is -2.27. The molecule has 1 aromatic rings. The van der Waals surface area contributed by atoms with Crippen LogP contribution in [0.1, 0.15) is 18.1 Å². The summed E-state index contributed by atoms with van der Waals surface area (Å²) in [6.45, 7) is 6.89. The SMILES string of the molecule is C=C1C=CC(NCc2c(F)ccc(C)c2F)=C(C(=O)O)N1/C=C\C. The molecule has 0 unspecified atom stereocenters. The molecular formula is C18H18F2N2O2. The third-order valence-corrected chi connectivity index (χ3v) is 3.58. The largest absolute Gasteiger partial charge is 0.476 e. The summed E-state index contributed by atoms with van der Waals surface area (Å²) in [4.78, 5) is 13.0. The van der Waals surface area contributed by atoms with E-state index in [0.717, 1.165) is 0 Å². The van der Waals surface area contributed by atoms with Crippen molar-refractivity contribution >= 4 is 5.97 Å². The Morgan fingerprint density at radius 3 is 2.71 bits per heavy atom. The van der Waals surface area contributed by atoms with Crippen molar-refractivity contribution in [1.29, 1.82) is 0 Å². The van der Waals surface area contributed by atoms with E-state index in [0.29, 0.717) is 11.3 Å². The summed E-state index contributed by atoms with van der Waals surface area (Å²) in [6.07, 6.45) is 6.38. The van der Waals surface area contributed by atoms with Gasteiger partial charge in [0.15, 0.2) is 5.70 Å². The van der Waals surface area contributed by atoms with E-state index in [1.54, 1.807) is 32.2 Å². The first-order valence-electron chi connectivity index (χ1n) is 7.30. The summed E-state index contributed by atoms with van der Waals surface area (Å²) < 4.78 is 27.9. The van der Waals surface area contributed by atoms with Gasteiger partial charge >= 0.3 is 5.97 Å². The van der Waals surface area contributed by atoms with Gasteiger partial charge < -0.3 is 15.3 Å². The highest BCUT2D eigenvalue weighted by Gasteiger charge is 2.24. The lowest BCUT2D eigenvalue weighted by atomic mass is 10.1. The minimum absolute atomic E-state index is 0.0610. The van der Waals surface area contributed by atoms with Crippen molar-refractivity contribution in [2.75, 3.05) is 0 Å². The highest BCUT2D eigenvalue weighted by atomic mass is 19.1. The van der Waals surface area contributed by atoms with Gasteiger partial charge in [0.05, 0.1) is 5.70 Å². The van der Waals surface area contributed by atoms with Crippen molar-refractivity contribution < 1.29 is 18.7 Å². The number of benzene rings is 1. The Morgan fingerprint density at radius 2 is 2.08 bits per heavy atom. The fourth-order valence-corrected chi connectivity index (χ4v) is 2.35. The molecule has 2 rings (SSSR count). The zero-order chi connectivity index (χ0) is 17.9. The lowest BCUT2D eigenvalue weighted by molar-refractivity contribution is -0.134. The van der Waals surface area contributed by atoms with Gasteiger partial charge in [0, 0.05) is 24.0 Å². The topological polar surface area (TPSA) is 52.6 Å². The molecule has 0 aliphatic carbocycles. The van der Waals surface area contributed by atoms with Crippen LogP contribution in [0.25, 0.3) is 0 Å². The number of aliphatic carboxylic acids is 1. The molecule has 0 bridgehead atoms. The Balaban J connectivity index is 2.36. The molecule has 4 nitrogen and oxygen atoms in total. The van der Waals surface area contributed by atoms with Gasteiger partial charge in [-0.25, -0.2) is 13.6 Å². The van der Waals surface area contributed by atoms with Gasteiger partial charge in [0.1, 0.15) is 11.6 Å². The Kier molecular flexibility index (Phi) is 5.18. The standard InChI is InChI=1S/C18H18F2N2O2/c1-4-9-22-12(3)6-8-15(17(22)18(23)24)21-10-13-14(19)7-5-11(2)16(13)20/h4-9,21H,3,10H2,1-2H3,(H,23,24)/b9-4-. The van der Waals surface area contributed by atoms with E-state index in [1.807, 2.05) is 0 Å². The molecule has 6 heteroatoms. The lowest BCUT2D eigenvalue weighted by Crippen LogP contribution is -2.29. The van der Waals surface area contributed by atoms with Crippen molar-refractivity contribution in [3.8, 4) is 0 Å². The predicted molar refractivity (Wildman–Crippen MR) is 87.5 cm³/mol. The van der Waals surface area contributed by atoms with Crippen molar-refractivity contribution in [2.45, 2.75) is 20.4 Å². The Morgan fingerprint density at radius 1 is 1.38 bits per heavy atom. The molecule has 126 valence electrons. The summed E-state index contributed by atoms with van der Waals surface area (Å²) >= 11 is 0. The molecule has 24 heavy (non-hydrogen) atoms. The molecule has 1 aromatic carbocycles. The van der Waals surface area contributed by atoms with Crippen LogP contribution in [0.4, 0.5) is 8.78 Å². The van der Waals surface area contributed by atoms with Crippen LogP contribution < -0.4 is 5.32 Å². The van der Waals surface area contributed by atoms with E-state index in [4.69, 9.17) is 0 Å². The molecule has 0 amide bonds. The van der Waals surface area contributed by atoms with Crippen LogP contribution in [0.15, 0.2) is 60.2 Å². The van der Waals surface area contributed by atoms with Gasteiger partial charge in [-0.3, -0.25) is 0 Å². The van der Waals surface area contributed by atoms with Gasteiger partial charge in [-0.1, -0.05) is 18.7 Å². The molecule has 0 saturated heterocycles. The molecule has 0 saturated carbocycles. The molecule has 0 fully saturated rings. The number of carboxylic acid groups (broad SMARTS) is 1. The Bertz CT molecular complexity index is 779. The van der Waals surface area contributed by atoms with Gasteiger partial charge in [0.2, 0.25) is 0 Å². The van der Waals surface area contributed by atoms with Crippen LogP contribution in [0, 0.1) is 18.6 Å². The maximum Gasteiger partial charge on any atom is 0.355 e. The number of carboxylic acids is 1. The number of nitrogens with one attached hydrogen (secondary N) is 1. The number of nitrogens with zero attached hydrogens (tertiary/aromatic N) is 1. The summed E-state index contributed by atoms with van der Waals surface area (Å²) in [5, 5.41) is 12.3. The van der Waals surface area contributed by atoms with Crippen LogP contribution >= 0.6 is 0 Å². The van der Waals surface area contributed by atoms with Crippen LogP contribution in [0.3, 0.4) is 0 Å². The molecule has 1 aliphatic rings. The predicted octanol–water partition coefficient (Wildman–Crippen LogP) is 3.58. The smallest absolute Gasteiger partial charge is 0.355 e. The van der Waals surface area contributed by atoms with Crippen LogP contribution in [-0.2, 0) is 11.3 Å². The molecule has 0 spiro atoms. The van der Waals surface area contributed by atoms with Gasteiger partial charge in [-0.05, 0) is 37.6 Å². The van der Waals surface area contributed by atoms with E-state index in [2.05, 4.69) is 11.9 Å². The van der Waals surface area contributed by atoms with Gasteiger partial charge in [0.25, 0.3) is 0 Å².